The lowest BCUT2D eigenvalue weighted by molar-refractivity contribution is 0.0766. The maximum Gasteiger partial charge on any atom is 0.255 e. The van der Waals surface area contributed by atoms with Gasteiger partial charge in [-0.2, -0.15) is 0 Å². The van der Waals surface area contributed by atoms with Crippen molar-refractivity contribution in [3.8, 4) is 5.75 Å². The number of halogens is 1. The Morgan fingerprint density at radius 2 is 1.86 bits per heavy atom. The van der Waals surface area contributed by atoms with Crippen LogP contribution < -0.4 is 4.74 Å². The summed E-state index contributed by atoms with van der Waals surface area (Å²) < 4.78 is 17.1. The van der Waals surface area contributed by atoms with E-state index in [-0.39, 0.29) is 5.91 Å². The molecule has 0 spiro atoms. The van der Waals surface area contributed by atoms with E-state index < -0.39 is 6.86 Å². The molecule has 2 heterocycles. The lowest BCUT2D eigenvalue weighted by Gasteiger charge is -2.29. The highest BCUT2D eigenvalue weighted by molar-refractivity contribution is 5.99. The van der Waals surface area contributed by atoms with Gasteiger partial charge in [-0.1, -0.05) is 24.3 Å². The zero-order chi connectivity index (χ0) is 19.7. The summed E-state index contributed by atoms with van der Waals surface area (Å²) >= 11 is 0. The third-order valence-electron chi connectivity index (χ3n) is 6.01. The van der Waals surface area contributed by atoms with E-state index >= 15 is 0 Å². The second kappa shape index (κ2) is 7.92. The van der Waals surface area contributed by atoms with Crippen molar-refractivity contribution in [3.63, 3.8) is 0 Å². The van der Waals surface area contributed by atoms with Gasteiger partial charge >= 0.3 is 0 Å². The molecular formula is C23H27FN2O2. The van der Waals surface area contributed by atoms with Gasteiger partial charge in [0.2, 0.25) is 6.86 Å². The van der Waals surface area contributed by atoms with Crippen molar-refractivity contribution < 1.29 is 13.9 Å². The number of ether oxygens (including phenoxy) is 1. The Kier molecular flexibility index (Phi) is 5.36. The number of alkyl halides is 1. The minimum atomic E-state index is -0.835. The number of nitrogens with zero attached hydrogens (tertiary/aromatic N) is 2. The lowest BCUT2D eigenvalue weighted by Crippen LogP contribution is -2.29. The molecule has 1 fully saturated rings. The number of hydrogen-bond donors (Lipinski definition) is 0. The van der Waals surface area contributed by atoms with E-state index in [4.69, 9.17) is 4.74 Å². The van der Waals surface area contributed by atoms with Crippen LogP contribution in [0.4, 0.5) is 4.39 Å². The van der Waals surface area contributed by atoms with Crippen molar-refractivity contribution in [2.45, 2.75) is 38.8 Å². The van der Waals surface area contributed by atoms with E-state index in [1.54, 1.807) is 12.1 Å². The predicted octanol–water partition coefficient (Wildman–Crippen LogP) is 4.27. The Morgan fingerprint density at radius 1 is 1.14 bits per heavy atom. The number of fused-ring (bicyclic) bond motifs is 1. The van der Waals surface area contributed by atoms with Crippen LogP contribution >= 0.6 is 0 Å². The average Bonchev–Trinajstić information content (AvgIpc) is 3.00. The lowest BCUT2D eigenvalue weighted by atomic mass is 9.86. The van der Waals surface area contributed by atoms with Crippen LogP contribution in [-0.2, 0) is 13.1 Å². The van der Waals surface area contributed by atoms with Gasteiger partial charge in [0.25, 0.3) is 5.91 Å². The molecule has 4 nitrogen and oxygen atoms in total. The number of carbonyl (C=O) groups excluding carboxylic acids is 1. The summed E-state index contributed by atoms with van der Waals surface area (Å²) in [4.78, 5) is 17.2. The fourth-order valence-electron chi connectivity index (χ4n) is 4.44. The van der Waals surface area contributed by atoms with Gasteiger partial charge in [-0.05, 0) is 80.2 Å². The van der Waals surface area contributed by atoms with Gasteiger partial charge in [-0.25, -0.2) is 4.39 Å². The summed E-state index contributed by atoms with van der Waals surface area (Å²) in [6.45, 7) is 4.69. The normalized spacial score (nSPS) is 17.8. The number of amides is 1. The smallest absolute Gasteiger partial charge is 0.255 e. The summed E-state index contributed by atoms with van der Waals surface area (Å²) in [6.07, 6.45) is 2.36. The van der Waals surface area contributed by atoms with Crippen molar-refractivity contribution in [2.75, 3.05) is 27.0 Å². The summed E-state index contributed by atoms with van der Waals surface area (Å²) in [5, 5.41) is 0. The van der Waals surface area contributed by atoms with Crippen LogP contribution in [0, 0.1) is 6.92 Å². The zero-order valence-corrected chi connectivity index (χ0v) is 16.6. The molecule has 1 amide bonds. The average molecular weight is 382 g/mol. The molecule has 1 saturated heterocycles. The van der Waals surface area contributed by atoms with Crippen LogP contribution in [-0.4, -0.2) is 42.7 Å². The fourth-order valence-corrected chi connectivity index (χ4v) is 4.44. The van der Waals surface area contributed by atoms with E-state index in [0.29, 0.717) is 24.8 Å². The van der Waals surface area contributed by atoms with E-state index in [9.17, 15) is 9.18 Å². The SMILES string of the molecule is Cc1cc(C2CCN(C)CC2)cc2c1C(=O)N(Cc1ccc(OCF)cc1)C2. The van der Waals surface area contributed by atoms with Gasteiger partial charge in [0.1, 0.15) is 5.75 Å². The van der Waals surface area contributed by atoms with Gasteiger partial charge in [-0.15, -0.1) is 0 Å². The molecule has 0 aromatic heterocycles. The highest BCUT2D eigenvalue weighted by Crippen LogP contribution is 2.34. The fraction of sp³-hybridized carbons (Fsp3) is 0.435. The molecule has 2 aliphatic heterocycles. The van der Waals surface area contributed by atoms with E-state index in [2.05, 4.69) is 31.0 Å². The van der Waals surface area contributed by atoms with Crippen molar-refractivity contribution in [1.82, 2.24) is 9.80 Å². The van der Waals surface area contributed by atoms with Crippen LogP contribution in [0.3, 0.4) is 0 Å². The van der Waals surface area contributed by atoms with E-state index in [1.807, 2.05) is 17.0 Å². The Balaban J connectivity index is 1.50. The molecule has 0 radical (unpaired) electrons. The summed E-state index contributed by atoms with van der Waals surface area (Å²) in [5.74, 6) is 1.19. The molecule has 0 aliphatic carbocycles. The maximum atomic E-state index is 13.0. The van der Waals surface area contributed by atoms with Crippen molar-refractivity contribution in [2.24, 2.45) is 0 Å². The molecule has 0 unspecified atom stereocenters. The van der Waals surface area contributed by atoms with Crippen molar-refractivity contribution >= 4 is 5.91 Å². The molecule has 0 bridgehead atoms. The number of hydrogen-bond acceptors (Lipinski definition) is 3. The quantitative estimate of drug-likeness (QED) is 0.774. The second-order valence-corrected chi connectivity index (χ2v) is 8.01. The molecule has 0 saturated carbocycles. The van der Waals surface area contributed by atoms with Crippen LogP contribution in [0.1, 0.15) is 51.4 Å². The first-order valence-corrected chi connectivity index (χ1v) is 9.94. The molecule has 0 N–H and O–H groups in total. The minimum absolute atomic E-state index is 0.103. The van der Waals surface area contributed by atoms with Crippen molar-refractivity contribution in [3.05, 3.63) is 64.2 Å². The second-order valence-electron chi connectivity index (χ2n) is 8.01. The van der Waals surface area contributed by atoms with Crippen LogP contribution in [0.25, 0.3) is 0 Å². The minimum Gasteiger partial charge on any atom is -0.463 e. The highest BCUT2D eigenvalue weighted by atomic mass is 19.1. The predicted molar refractivity (Wildman–Crippen MR) is 107 cm³/mol. The van der Waals surface area contributed by atoms with Gasteiger partial charge < -0.3 is 14.5 Å². The first-order chi connectivity index (χ1) is 13.5. The van der Waals surface area contributed by atoms with Crippen LogP contribution in [0.2, 0.25) is 0 Å². The van der Waals surface area contributed by atoms with Gasteiger partial charge in [-0.3, -0.25) is 4.79 Å². The van der Waals surface area contributed by atoms with Crippen LogP contribution in [0.15, 0.2) is 36.4 Å². The molecule has 4 rings (SSSR count). The number of piperidine rings is 1. The molecule has 2 aromatic rings. The Labute approximate surface area is 165 Å². The number of carbonyl (C=O) groups is 1. The molecule has 2 aliphatic rings. The van der Waals surface area contributed by atoms with E-state index in [0.717, 1.165) is 35.3 Å². The number of likely N-dealkylation sites (tertiary alicyclic amines) is 1. The molecule has 28 heavy (non-hydrogen) atoms. The van der Waals surface area contributed by atoms with Gasteiger partial charge in [0, 0.05) is 18.7 Å². The molecular weight excluding hydrogens is 355 g/mol. The standard InChI is InChI=1S/C23H27FN2O2/c1-16-11-19(18-7-9-25(2)10-8-18)12-20-14-26(23(27)22(16)20)13-17-3-5-21(6-4-17)28-15-24/h3-6,11-12,18H,7-10,13-15H2,1-2H3. The topological polar surface area (TPSA) is 32.8 Å². The van der Waals surface area contributed by atoms with Gasteiger partial charge in [0.05, 0.1) is 0 Å². The van der Waals surface area contributed by atoms with Gasteiger partial charge in [0.15, 0.2) is 0 Å². The summed E-state index contributed by atoms with van der Waals surface area (Å²) in [6, 6.07) is 11.7. The first kappa shape index (κ1) is 18.9. The maximum absolute atomic E-state index is 13.0. The highest BCUT2D eigenvalue weighted by Gasteiger charge is 2.30. The summed E-state index contributed by atoms with van der Waals surface area (Å²) in [5.41, 5.74) is 5.50. The Morgan fingerprint density at radius 3 is 2.54 bits per heavy atom. The Hall–Kier alpha value is -2.40. The molecule has 148 valence electrons. The van der Waals surface area contributed by atoms with Crippen molar-refractivity contribution in [1.29, 1.82) is 0 Å². The molecule has 5 heteroatoms. The molecule has 2 aromatic carbocycles. The first-order valence-electron chi connectivity index (χ1n) is 9.94. The zero-order valence-electron chi connectivity index (χ0n) is 16.6. The number of benzene rings is 2. The van der Waals surface area contributed by atoms with Crippen LogP contribution in [0.5, 0.6) is 5.75 Å². The molecule has 0 atom stereocenters. The largest absolute Gasteiger partial charge is 0.463 e. The third kappa shape index (κ3) is 3.76. The number of rotatable bonds is 5. The summed E-state index contributed by atoms with van der Waals surface area (Å²) in [7, 11) is 2.18. The monoisotopic (exact) mass is 382 g/mol. The Bertz CT molecular complexity index is 858. The third-order valence-corrected chi connectivity index (χ3v) is 6.01. The van der Waals surface area contributed by atoms with E-state index in [1.165, 1.54) is 18.4 Å². The number of aryl methyl sites for hydroxylation is 1.